The Kier molecular flexibility index (Phi) is 9.19. The first-order valence-corrected chi connectivity index (χ1v) is 5.28. The lowest BCUT2D eigenvalue weighted by Gasteiger charge is -1.88. The second-order valence-corrected chi connectivity index (χ2v) is 3.45. The molecule has 0 rings (SSSR count). The Morgan fingerprint density at radius 3 is 2.40 bits per heavy atom. The van der Waals surface area contributed by atoms with E-state index in [4.69, 9.17) is 0 Å². The minimum atomic E-state index is 1.07. The summed E-state index contributed by atoms with van der Waals surface area (Å²) in [7, 11) is 1.31. The van der Waals surface area contributed by atoms with Crippen LogP contribution in [0.2, 0.25) is 0 Å². The summed E-state index contributed by atoms with van der Waals surface area (Å²) in [5, 5.41) is 0. The topological polar surface area (TPSA) is 12.4 Å². The Labute approximate surface area is 66.1 Å². The van der Waals surface area contributed by atoms with Gasteiger partial charge in [-0.3, -0.25) is 4.74 Å². The first kappa shape index (κ1) is 10.1. The highest BCUT2D eigenvalue weighted by atomic mass is 31.1. The second-order valence-electron chi connectivity index (χ2n) is 2.44. The number of hydrogen-bond acceptors (Lipinski definition) is 1. The summed E-state index contributed by atoms with van der Waals surface area (Å²) in [6.07, 6.45) is 6.43. The van der Waals surface area contributed by atoms with Gasteiger partial charge in [0, 0.05) is 21.1 Å². The molecule has 60 valence electrons. The molecule has 0 aromatic heterocycles. The van der Waals surface area contributed by atoms with Crippen LogP contribution in [0.25, 0.3) is 0 Å². The maximum Gasteiger partial charge on any atom is 0.0432 e. The Hall–Kier alpha value is 0.100. The molecule has 1 nitrogen and oxygen atoms in total. The van der Waals surface area contributed by atoms with Crippen molar-refractivity contribution in [1.29, 1.82) is 0 Å². The van der Waals surface area contributed by atoms with Gasteiger partial charge in [-0.1, -0.05) is 26.7 Å². The number of hydrogen-bond donors (Lipinski definition) is 0. The van der Waals surface area contributed by atoms with Gasteiger partial charge in [-0.05, 0) is 12.8 Å². The lowest BCUT2D eigenvalue weighted by atomic mass is 10.3. The van der Waals surface area contributed by atoms with Gasteiger partial charge < -0.3 is 0 Å². The van der Waals surface area contributed by atoms with Crippen LogP contribution >= 0.6 is 8.37 Å². The van der Waals surface area contributed by atoms with Crippen LogP contribution in [-0.4, -0.2) is 12.7 Å². The smallest absolute Gasteiger partial charge is 0.0432 e. The van der Waals surface area contributed by atoms with E-state index in [9.17, 15) is 0 Å². The molecule has 0 atom stereocenters. The molecule has 10 heavy (non-hydrogen) atoms. The van der Waals surface area contributed by atoms with Crippen LogP contribution in [-0.2, 0) is 0 Å². The van der Waals surface area contributed by atoms with Crippen LogP contribution in [0, 0.1) is 0 Å². The fraction of sp³-hybridized carbons (Fsp3) is 1.00. The summed E-state index contributed by atoms with van der Waals surface area (Å²) in [5.41, 5.74) is 0. The first-order chi connectivity index (χ1) is 4.91. The molecule has 0 aliphatic heterocycles. The second kappa shape index (κ2) is 9.10. The molecule has 0 aliphatic carbocycles. The molecule has 2 heteroatoms. The molecule has 0 fully saturated rings. The van der Waals surface area contributed by atoms with Crippen LogP contribution in [0.5, 0.6) is 0 Å². The molecular weight excluding hydrogens is 141 g/mol. The van der Waals surface area contributed by atoms with Crippen LogP contribution in [0.15, 0.2) is 4.74 Å². The van der Waals surface area contributed by atoms with Crippen molar-refractivity contribution in [1.82, 2.24) is 0 Å². The van der Waals surface area contributed by atoms with E-state index in [0.717, 1.165) is 6.54 Å². The van der Waals surface area contributed by atoms with Gasteiger partial charge in [-0.25, -0.2) is 0 Å². The fourth-order valence-corrected chi connectivity index (χ4v) is 1.48. The van der Waals surface area contributed by atoms with Gasteiger partial charge in [0.15, 0.2) is 0 Å². The molecule has 0 spiro atoms. The first-order valence-electron chi connectivity index (χ1n) is 4.25. The van der Waals surface area contributed by atoms with Crippen LogP contribution in [0.4, 0.5) is 0 Å². The summed E-state index contributed by atoms with van der Waals surface area (Å²) in [6.45, 7) is 5.50. The third-order valence-corrected chi connectivity index (χ3v) is 2.24. The van der Waals surface area contributed by atoms with Crippen molar-refractivity contribution in [2.45, 2.75) is 39.5 Å². The third-order valence-electron chi connectivity index (χ3n) is 1.32. The molecule has 0 aromatic rings. The number of rotatable bonds is 6. The van der Waals surface area contributed by atoms with E-state index in [0.29, 0.717) is 0 Å². The Morgan fingerprint density at radius 2 is 1.80 bits per heavy atom. The van der Waals surface area contributed by atoms with Gasteiger partial charge in [0.05, 0.1) is 0 Å². The standard InChI is InChI=1S/C8H18NP/c1-3-5-7-9-10-8-6-4-2/h3-8H2,1-2H3. The minimum Gasteiger partial charge on any atom is -0.269 e. The van der Waals surface area contributed by atoms with Gasteiger partial charge >= 0.3 is 0 Å². The Bertz CT molecular complexity index is 71.3. The largest absolute Gasteiger partial charge is 0.269 e. The molecular formula is C8H18NP. The van der Waals surface area contributed by atoms with Gasteiger partial charge in [0.2, 0.25) is 0 Å². The van der Waals surface area contributed by atoms with Crippen LogP contribution in [0.3, 0.4) is 0 Å². The van der Waals surface area contributed by atoms with E-state index in [1.54, 1.807) is 0 Å². The molecule has 0 heterocycles. The SMILES string of the molecule is CCCCN=PCCCC. The zero-order chi connectivity index (χ0) is 7.66. The van der Waals surface area contributed by atoms with E-state index in [-0.39, 0.29) is 0 Å². The fourth-order valence-electron chi connectivity index (χ4n) is 0.599. The highest BCUT2D eigenvalue weighted by molar-refractivity contribution is 7.26. The van der Waals surface area contributed by atoms with Crippen molar-refractivity contribution in [3.8, 4) is 0 Å². The predicted octanol–water partition coefficient (Wildman–Crippen LogP) is 3.72. The molecule has 0 unspecified atom stereocenters. The summed E-state index contributed by atoms with van der Waals surface area (Å²) >= 11 is 0. The van der Waals surface area contributed by atoms with Crippen LogP contribution in [0.1, 0.15) is 39.5 Å². The molecule has 0 aromatic carbocycles. The third kappa shape index (κ3) is 8.10. The molecule has 0 saturated carbocycles. The van der Waals surface area contributed by atoms with E-state index in [1.165, 1.54) is 40.2 Å². The van der Waals surface area contributed by atoms with Crippen molar-refractivity contribution in [2.75, 3.05) is 12.7 Å². The van der Waals surface area contributed by atoms with Crippen molar-refractivity contribution < 1.29 is 0 Å². The molecule has 0 bridgehead atoms. The van der Waals surface area contributed by atoms with E-state index in [2.05, 4.69) is 18.6 Å². The molecule has 0 N–H and O–H groups in total. The minimum absolute atomic E-state index is 1.07. The highest BCUT2D eigenvalue weighted by Crippen LogP contribution is 2.04. The highest BCUT2D eigenvalue weighted by Gasteiger charge is 1.80. The molecule has 0 aliphatic rings. The van der Waals surface area contributed by atoms with E-state index >= 15 is 0 Å². The van der Waals surface area contributed by atoms with Crippen molar-refractivity contribution >= 4 is 8.37 Å². The maximum atomic E-state index is 4.37. The monoisotopic (exact) mass is 159 g/mol. The normalized spacial score (nSPS) is 11.0. The molecule has 0 radical (unpaired) electrons. The van der Waals surface area contributed by atoms with Crippen molar-refractivity contribution in [2.24, 2.45) is 4.74 Å². The molecule has 0 amide bonds. The Balaban J connectivity index is 2.89. The summed E-state index contributed by atoms with van der Waals surface area (Å²) in [6, 6.07) is 0. The number of unbranched alkanes of at least 4 members (excludes halogenated alkanes) is 2. The van der Waals surface area contributed by atoms with E-state index < -0.39 is 0 Å². The predicted molar refractivity (Wildman–Crippen MR) is 48.9 cm³/mol. The summed E-state index contributed by atoms with van der Waals surface area (Å²) in [4.78, 5) is 0. The van der Waals surface area contributed by atoms with Gasteiger partial charge in [-0.15, -0.1) is 0 Å². The quantitative estimate of drug-likeness (QED) is 0.413. The van der Waals surface area contributed by atoms with Gasteiger partial charge in [0.1, 0.15) is 0 Å². The average Bonchev–Trinajstić information content (AvgIpc) is 1.97. The van der Waals surface area contributed by atoms with E-state index in [1.807, 2.05) is 0 Å². The number of nitrogens with zero attached hydrogens (tertiary/aromatic N) is 1. The maximum absolute atomic E-state index is 4.37. The average molecular weight is 159 g/mol. The summed E-state index contributed by atoms with van der Waals surface area (Å²) in [5.74, 6) is 0. The van der Waals surface area contributed by atoms with Gasteiger partial charge in [0.25, 0.3) is 0 Å². The lowest BCUT2D eigenvalue weighted by molar-refractivity contribution is 0.812. The van der Waals surface area contributed by atoms with Crippen LogP contribution < -0.4 is 0 Å². The summed E-state index contributed by atoms with van der Waals surface area (Å²) < 4.78 is 4.37. The Morgan fingerprint density at radius 1 is 1.10 bits per heavy atom. The van der Waals surface area contributed by atoms with Gasteiger partial charge in [-0.2, -0.15) is 0 Å². The zero-order valence-corrected chi connectivity index (χ0v) is 8.03. The lowest BCUT2D eigenvalue weighted by Crippen LogP contribution is -1.74. The zero-order valence-electron chi connectivity index (χ0n) is 7.14. The van der Waals surface area contributed by atoms with Crippen molar-refractivity contribution in [3.63, 3.8) is 0 Å². The molecule has 0 saturated heterocycles. The van der Waals surface area contributed by atoms with Crippen molar-refractivity contribution in [3.05, 3.63) is 0 Å².